The summed E-state index contributed by atoms with van der Waals surface area (Å²) >= 11 is 5.59. The summed E-state index contributed by atoms with van der Waals surface area (Å²) in [6.45, 7) is 2.46. The predicted molar refractivity (Wildman–Crippen MR) is 59.6 cm³/mol. The maximum absolute atomic E-state index is 11.7. The number of para-hydroxylation sites is 2. The van der Waals surface area contributed by atoms with Gasteiger partial charge in [-0.05, 0) is 19.1 Å². The molecule has 1 amide bonds. The summed E-state index contributed by atoms with van der Waals surface area (Å²) in [6.07, 6.45) is 0. The van der Waals surface area contributed by atoms with Crippen molar-refractivity contribution in [3.63, 3.8) is 0 Å². The Hall–Kier alpha value is -1.22. The highest BCUT2D eigenvalue weighted by molar-refractivity contribution is 6.29. The zero-order valence-electron chi connectivity index (χ0n) is 8.44. The second-order valence-corrected chi connectivity index (χ2v) is 3.79. The summed E-state index contributed by atoms with van der Waals surface area (Å²) in [5.74, 6) is 0.660. The third-order valence-corrected chi connectivity index (χ3v) is 2.66. The fourth-order valence-electron chi connectivity index (χ4n) is 1.75. The summed E-state index contributed by atoms with van der Waals surface area (Å²) in [4.78, 5) is 13.4. The van der Waals surface area contributed by atoms with E-state index in [0.29, 0.717) is 6.61 Å². The molecule has 1 aromatic rings. The van der Waals surface area contributed by atoms with Crippen LogP contribution in [0.4, 0.5) is 5.69 Å². The minimum absolute atomic E-state index is 0.00132. The van der Waals surface area contributed by atoms with E-state index in [2.05, 4.69) is 0 Å². The molecule has 1 aromatic carbocycles. The van der Waals surface area contributed by atoms with E-state index in [1.807, 2.05) is 31.2 Å². The third kappa shape index (κ3) is 1.79. The van der Waals surface area contributed by atoms with Crippen molar-refractivity contribution in [1.29, 1.82) is 0 Å². The lowest BCUT2D eigenvalue weighted by Crippen LogP contribution is -2.45. The highest BCUT2D eigenvalue weighted by Crippen LogP contribution is 2.33. The first-order chi connectivity index (χ1) is 7.24. The van der Waals surface area contributed by atoms with Crippen molar-refractivity contribution >= 4 is 23.2 Å². The zero-order chi connectivity index (χ0) is 10.8. The molecule has 0 aliphatic carbocycles. The minimum Gasteiger partial charge on any atom is -0.489 e. The number of carbonyl (C=O) groups is 1. The molecule has 15 heavy (non-hydrogen) atoms. The van der Waals surface area contributed by atoms with Gasteiger partial charge in [0.05, 0.1) is 11.7 Å². The molecule has 1 aliphatic heterocycles. The molecule has 0 saturated heterocycles. The normalized spacial score (nSPS) is 19.3. The van der Waals surface area contributed by atoms with E-state index in [-0.39, 0.29) is 17.8 Å². The molecular formula is C11H12ClNO2. The van der Waals surface area contributed by atoms with Crippen molar-refractivity contribution in [2.45, 2.75) is 13.0 Å². The number of hydrogen-bond acceptors (Lipinski definition) is 2. The van der Waals surface area contributed by atoms with E-state index < -0.39 is 0 Å². The third-order valence-electron chi connectivity index (χ3n) is 2.43. The molecule has 0 N–H and O–H groups in total. The molecule has 0 spiro atoms. The van der Waals surface area contributed by atoms with Crippen LogP contribution < -0.4 is 9.64 Å². The maximum atomic E-state index is 11.7. The molecule has 0 fully saturated rings. The summed E-state index contributed by atoms with van der Waals surface area (Å²) in [6, 6.07) is 7.53. The minimum atomic E-state index is -0.0834. The number of alkyl halides is 1. The Morgan fingerprint density at radius 1 is 1.60 bits per heavy atom. The van der Waals surface area contributed by atoms with Crippen LogP contribution in [0.3, 0.4) is 0 Å². The van der Waals surface area contributed by atoms with Gasteiger partial charge in [-0.15, -0.1) is 11.6 Å². The van der Waals surface area contributed by atoms with Gasteiger partial charge in [0.15, 0.2) is 0 Å². The van der Waals surface area contributed by atoms with Crippen LogP contribution in [0.5, 0.6) is 5.75 Å². The average molecular weight is 226 g/mol. The van der Waals surface area contributed by atoms with Crippen LogP contribution in [0.1, 0.15) is 6.92 Å². The Labute approximate surface area is 93.6 Å². The van der Waals surface area contributed by atoms with Gasteiger partial charge in [0, 0.05) is 0 Å². The SMILES string of the molecule is CC1COc2ccccc2N1C(=O)CCl. The Balaban J connectivity index is 2.41. The number of hydrogen-bond donors (Lipinski definition) is 0. The number of ether oxygens (including phenoxy) is 1. The van der Waals surface area contributed by atoms with Gasteiger partial charge in [-0.2, -0.15) is 0 Å². The fraction of sp³-hybridized carbons (Fsp3) is 0.364. The summed E-state index contributed by atoms with van der Waals surface area (Å²) in [5, 5.41) is 0. The standard InChI is InChI=1S/C11H12ClNO2/c1-8-7-15-10-5-3-2-4-9(10)13(8)11(14)6-12/h2-5,8H,6-7H2,1H3. The van der Waals surface area contributed by atoms with Crippen LogP contribution in [0.2, 0.25) is 0 Å². The Bertz CT molecular complexity index is 381. The smallest absolute Gasteiger partial charge is 0.242 e. The first-order valence-corrected chi connectivity index (χ1v) is 5.37. The largest absolute Gasteiger partial charge is 0.489 e. The van der Waals surface area contributed by atoms with Gasteiger partial charge >= 0.3 is 0 Å². The molecule has 0 radical (unpaired) electrons. The number of benzene rings is 1. The molecule has 1 atom stereocenters. The van der Waals surface area contributed by atoms with E-state index in [0.717, 1.165) is 11.4 Å². The molecule has 1 unspecified atom stereocenters. The molecule has 0 aromatic heterocycles. The van der Waals surface area contributed by atoms with Crippen LogP contribution in [0.25, 0.3) is 0 Å². The number of anilines is 1. The molecule has 2 rings (SSSR count). The average Bonchev–Trinajstić information content (AvgIpc) is 2.28. The maximum Gasteiger partial charge on any atom is 0.242 e. The summed E-state index contributed by atoms with van der Waals surface area (Å²) < 4.78 is 5.52. The molecule has 3 nitrogen and oxygen atoms in total. The van der Waals surface area contributed by atoms with Crippen LogP contribution in [0.15, 0.2) is 24.3 Å². The lowest BCUT2D eigenvalue weighted by molar-refractivity contribution is -0.117. The van der Waals surface area contributed by atoms with Crippen LogP contribution >= 0.6 is 11.6 Å². The fourth-order valence-corrected chi connectivity index (χ4v) is 1.87. The van der Waals surface area contributed by atoms with Gasteiger partial charge in [-0.25, -0.2) is 0 Å². The molecular weight excluding hydrogens is 214 g/mol. The van der Waals surface area contributed by atoms with Crippen molar-refractivity contribution in [3.8, 4) is 5.75 Å². The second kappa shape index (κ2) is 4.11. The molecule has 0 bridgehead atoms. The van der Waals surface area contributed by atoms with E-state index >= 15 is 0 Å². The van der Waals surface area contributed by atoms with E-state index in [1.165, 1.54) is 0 Å². The number of nitrogens with zero attached hydrogens (tertiary/aromatic N) is 1. The quantitative estimate of drug-likeness (QED) is 0.685. The van der Waals surface area contributed by atoms with Gasteiger partial charge in [0.25, 0.3) is 0 Å². The molecule has 0 saturated carbocycles. The van der Waals surface area contributed by atoms with Gasteiger partial charge < -0.3 is 9.64 Å². The number of carbonyl (C=O) groups excluding carboxylic acids is 1. The number of halogens is 1. The van der Waals surface area contributed by atoms with Crippen molar-refractivity contribution in [2.24, 2.45) is 0 Å². The van der Waals surface area contributed by atoms with Crippen molar-refractivity contribution < 1.29 is 9.53 Å². The highest BCUT2D eigenvalue weighted by Gasteiger charge is 2.28. The molecule has 4 heteroatoms. The topological polar surface area (TPSA) is 29.5 Å². The van der Waals surface area contributed by atoms with E-state index in [4.69, 9.17) is 16.3 Å². The van der Waals surface area contributed by atoms with E-state index in [1.54, 1.807) is 4.90 Å². The summed E-state index contributed by atoms with van der Waals surface area (Å²) in [5.41, 5.74) is 0.807. The Kier molecular flexibility index (Phi) is 2.82. The van der Waals surface area contributed by atoms with Gasteiger partial charge in [-0.3, -0.25) is 4.79 Å². The summed E-state index contributed by atoms with van der Waals surface area (Å²) in [7, 11) is 0. The van der Waals surface area contributed by atoms with Gasteiger partial charge in [0.1, 0.15) is 18.2 Å². The lowest BCUT2D eigenvalue weighted by Gasteiger charge is -2.34. The first kappa shape index (κ1) is 10.3. The van der Waals surface area contributed by atoms with E-state index in [9.17, 15) is 4.79 Å². The molecule has 1 heterocycles. The zero-order valence-corrected chi connectivity index (χ0v) is 9.20. The molecule has 80 valence electrons. The van der Waals surface area contributed by atoms with Crippen molar-refractivity contribution in [2.75, 3.05) is 17.4 Å². The first-order valence-electron chi connectivity index (χ1n) is 4.84. The van der Waals surface area contributed by atoms with Crippen LogP contribution in [0, 0.1) is 0 Å². The predicted octanol–water partition coefficient (Wildman–Crippen LogP) is 2.04. The highest BCUT2D eigenvalue weighted by atomic mass is 35.5. The monoisotopic (exact) mass is 225 g/mol. The number of fused-ring (bicyclic) bond motifs is 1. The van der Waals surface area contributed by atoms with Gasteiger partial charge in [-0.1, -0.05) is 12.1 Å². The van der Waals surface area contributed by atoms with Gasteiger partial charge in [0.2, 0.25) is 5.91 Å². The second-order valence-electron chi connectivity index (χ2n) is 3.53. The lowest BCUT2D eigenvalue weighted by atomic mass is 10.1. The van der Waals surface area contributed by atoms with Crippen LogP contribution in [-0.2, 0) is 4.79 Å². The Morgan fingerprint density at radius 2 is 2.33 bits per heavy atom. The van der Waals surface area contributed by atoms with Crippen molar-refractivity contribution in [1.82, 2.24) is 0 Å². The Morgan fingerprint density at radius 3 is 3.07 bits per heavy atom. The number of rotatable bonds is 1. The van der Waals surface area contributed by atoms with Crippen LogP contribution in [-0.4, -0.2) is 24.4 Å². The number of amides is 1. The molecule has 1 aliphatic rings. The van der Waals surface area contributed by atoms with Crippen molar-refractivity contribution in [3.05, 3.63) is 24.3 Å².